The molecule has 0 bridgehead atoms. The fraction of sp³-hybridized carbons (Fsp3) is 0.667. The number of hydrogen-bond acceptors (Lipinski definition) is 3. The molecule has 1 aromatic heterocycles. The Hall–Kier alpha value is -1.46. The molecular formula is C15H22F3N3. The molecular weight excluding hydrogens is 279 g/mol. The standard InChI is InChI=1S/C15H22F3N3/c1-3-5-11-6-7-21(10-11)14-9-12(15(16,17)18)8-13(20-14)19-4-2/h8-9,11H,3-7,10H2,1-2H3,(H,19,20). The van der Waals surface area contributed by atoms with Crippen LogP contribution in [0.1, 0.15) is 38.7 Å². The van der Waals surface area contributed by atoms with Crippen LogP contribution >= 0.6 is 0 Å². The van der Waals surface area contributed by atoms with E-state index in [1.54, 1.807) is 0 Å². The summed E-state index contributed by atoms with van der Waals surface area (Å²) in [4.78, 5) is 6.30. The molecule has 1 aliphatic rings. The van der Waals surface area contributed by atoms with Gasteiger partial charge in [0.2, 0.25) is 0 Å². The average molecular weight is 301 g/mol. The topological polar surface area (TPSA) is 28.2 Å². The highest BCUT2D eigenvalue weighted by Crippen LogP contribution is 2.34. The van der Waals surface area contributed by atoms with Gasteiger partial charge in [-0.3, -0.25) is 0 Å². The van der Waals surface area contributed by atoms with Crippen LogP contribution in [0.4, 0.5) is 24.8 Å². The third-order valence-corrected chi connectivity index (χ3v) is 3.80. The SMILES string of the molecule is CCCC1CCN(c2cc(C(F)(F)F)cc(NCC)n2)C1. The van der Waals surface area contributed by atoms with E-state index in [0.717, 1.165) is 44.5 Å². The van der Waals surface area contributed by atoms with E-state index < -0.39 is 11.7 Å². The number of nitrogens with zero attached hydrogens (tertiary/aromatic N) is 2. The van der Waals surface area contributed by atoms with E-state index in [9.17, 15) is 13.2 Å². The van der Waals surface area contributed by atoms with Crippen LogP contribution in [-0.4, -0.2) is 24.6 Å². The van der Waals surface area contributed by atoms with Gasteiger partial charge >= 0.3 is 6.18 Å². The first kappa shape index (κ1) is 15.9. The van der Waals surface area contributed by atoms with Gasteiger partial charge in [0.25, 0.3) is 0 Å². The number of rotatable bonds is 5. The molecule has 6 heteroatoms. The van der Waals surface area contributed by atoms with E-state index in [1.165, 1.54) is 0 Å². The van der Waals surface area contributed by atoms with Crippen molar-refractivity contribution in [2.24, 2.45) is 5.92 Å². The van der Waals surface area contributed by atoms with E-state index in [2.05, 4.69) is 17.2 Å². The fourth-order valence-corrected chi connectivity index (χ4v) is 2.80. The van der Waals surface area contributed by atoms with Crippen molar-refractivity contribution < 1.29 is 13.2 Å². The molecule has 1 aromatic rings. The largest absolute Gasteiger partial charge is 0.416 e. The predicted octanol–water partition coefficient (Wildman–Crippen LogP) is 4.16. The van der Waals surface area contributed by atoms with Gasteiger partial charge in [-0.05, 0) is 37.8 Å². The molecule has 3 nitrogen and oxygen atoms in total. The van der Waals surface area contributed by atoms with Crippen LogP contribution in [0, 0.1) is 5.92 Å². The summed E-state index contributed by atoms with van der Waals surface area (Å²) in [6.45, 7) is 6.10. The average Bonchev–Trinajstić information content (AvgIpc) is 2.87. The Morgan fingerprint density at radius 3 is 2.71 bits per heavy atom. The minimum Gasteiger partial charge on any atom is -0.370 e. The molecule has 1 N–H and O–H groups in total. The van der Waals surface area contributed by atoms with Crippen molar-refractivity contribution in [2.45, 2.75) is 39.3 Å². The van der Waals surface area contributed by atoms with Crippen LogP contribution < -0.4 is 10.2 Å². The van der Waals surface area contributed by atoms with Crippen molar-refractivity contribution in [3.8, 4) is 0 Å². The molecule has 0 spiro atoms. The molecule has 0 aliphatic carbocycles. The molecule has 2 heterocycles. The summed E-state index contributed by atoms with van der Waals surface area (Å²) in [7, 11) is 0. The van der Waals surface area contributed by atoms with E-state index in [1.807, 2.05) is 11.8 Å². The third-order valence-electron chi connectivity index (χ3n) is 3.80. The van der Waals surface area contributed by atoms with Crippen molar-refractivity contribution in [2.75, 3.05) is 29.9 Å². The predicted molar refractivity (Wildman–Crippen MR) is 78.6 cm³/mol. The zero-order chi connectivity index (χ0) is 15.5. The maximum atomic E-state index is 13.0. The first-order valence-electron chi connectivity index (χ1n) is 7.52. The highest BCUT2D eigenvalue weighted by atomic mass is 19.4. The second-order valence-corrected chi connectivity index (χ2v) is 5.52. The summed E-state index contributed by atoms with van der Waals surface area (Å²) in [5, 5.41) is 2.88. The Kier molecular flexibility index (Phi) is 4.96. The van der Waals surface area contributed by atoms with Gasteiger partial charge in [0, 0.05) is 19.6 Å². The van der Waals surface area contributed by atoms with Gasteiger partial charge in [0.05, 0.1) is 5.56 Å². The zero-order valence-electron chi connectivity index (χ0n) is 12.5. The molecule has 0 radical (unpaired) electrons. The lowest BCUT2D eigenvalue weighted by Crippen LogP contribution is -2.22. The lowest BCUT2D eigenvalue weighted by molar-refractivity contribution is -0.137. The summed E-state index contributed by atoms with van der Waals surface area (Å²) in [5.41, 5.74) is -0.637. The highest BCUT2D eigenvalue weighted by Gasteiger charge is 2.33. The Morgan fingerprint density at radius 1 is 1.33 bits per heavy atom. The van der Waals surface area contributed by atoms with Crippen molar-refractivity contribution in [1.82, 2.24) is 4.98 Å². The van der Waals surface area contributed by atoms with E-state index >= 15 is 0 Å². The van der Waals surface area contributed by atoms with E-state index in [0.29, 0.717) is 24.1 Å². The summed E-state index contributed by atoms with van der Waals surface area (Å²) >= 11 is 0. The van der Waals surface area contributed by atoms with Gasteiger partial charge in [-0.1, -0.05) is 13.3 Å². The Balaban J connectivity index is 2.24. The molecule has 2 rings (SSSR count). The number of nitrogens with one attached hydrogen (secondary N) is 1. The minimum absolute atomic E-state index is 0.293. The number of aromatic nitrogens is 1. The lowest BCUT2D eigenvalue weighted by atomic mass is 10.0. The smallest absolute Gasteiger partial charge is 0.370 e. The molecule has 1 fully saturated rings. The fourth-order valence-electron chi connectivity index (χ4n) is 2.80. The molecule has 118 valence electrons. The van der Waals surface area contributed by atoms with Crippen LogP contribution in [0.5, 0.6) is 0 Å². The molecule has 21 heavy (non-hydrogen) atoms. The Bertz CT molecular complexity index is 474. The number of halogens is 3. The van der Waals surface area contributed by atoms with Crippen LogP contribution in [0.3, 0.4) is 0 Å². The first-order valence-corrected chi connectivity index (χ1v) is 7.52. The molecule has 0 amide bonds. The normalized spacial score (nSPS) is 19.1. The highest BCUT2D eigenvalue weighted by molar-refractivity contribution is 5.51. The third kappa shape index (κ3) is 4.02. The summed E-state index contributed by atoms with van der Waals surface area (Å²) < 4.78 is 39.0. The van der Waals surface area contributed by atoms with Crippen molar-refractivity contribution in [1.29, 1.82) is 0 Å². The quantitative estimate of drug-likeness (QED) is 0.885. The minimum atomic E-state index is -4.34. The van der Waals surface area contributed by atoms with Crippen molar-refractivity contribution >= 4 is 11.6 Å². The van der Waals surface area contributed by atoms with Crippen LogP contribution in [0.15, 0.2) is 12.1 Å². The van der Waals surface area contributed by atoms with Crippen LogP contribution in [-0.2, 0) is 6.18 Å². The van der Waals surface area contributed by atoms with Gasteiger partial charge in [-0.15, -0.1) is 0 Å². The summed E-state index contributed by atoms with van der Waals surface area (Å²) in [6.07, 6.45) is -1.08. The van der Waals surface area contributed by atoms with Crippen LogP contribution in [0.2, 0.25) is 0 Å². The summed E-state index contributed by atoms with van der Waals surface area (Å²) in [5.74, 6) is 1.29. The lowest BCUT2D eigenvalue weighted by Gasteiger charge is -2.20. The van der Waals surface area contributed by atoms with Gasteiger partial charge in [-0.2, -0.15) is 13.2 Å². The van der Waals surface area contributed by atoms with Gasteiger partial charge < -0.3 is 10.2 Å². The first-order chi connectivity index (χ1) is 9.94. The maximum Gasteiger partial charge on any atom is 0.416 e. The maximum absolute atomic E-state index is 13.0. The molecule has 0 aromatic carbocycles. The number of pyridine rings is 1. The van der Waals surface area contributed by atoms with Gasteiger partial charge in [0.15, 0.2) is 0 Å². The molecule has 1 unspecified atom stereocenters. The molecule has 0 saturated carbocycles. The molecule has 1 atom stereocenters. The van der Waals surface area contributed by atoms with Gasteiger partial charge in [-0.25, -0.2) is 4.98 Å². The Labute approximate surface area is 123 Å². The van der Waals surface area contributed by atoms with Crippen LogP contribution in [0.25, 0.3) is 0 Å². The van der Waals surface area contributed by atoms with Crippen molar-refractivity contribution in [3.05, 3.63) is 17.7 Å². The summed E-state index contributed by atoms with van der Waals surface area (Å²) in [6, 6.07) is 2.24. The number of anilines is 2. The number of alkyl halides is 3. The second kappa shape index (κ2) is 6.54. The zero-order valence-corrected chi connectivity index (χ0v) is 12.5. The molecule has 1 aliphatic heterocycles. The Morgan fingerprint density at radius 2 is 2.10 bits per heavy atom. The van der Waals surface area contributed by atoms with E-state index in [-0.39, 0.29) is 0 Å². The number of hydrogen-bond donors (Lipinski definition) is 1. The van der Waals surface area contributed by atoms with Gasteiger partial charge in [0.1, 0.15) is 11.6 Å². The van der Waals surface area contributed by atoms with E-state index in [4.69, 9.17) is 0 Å². The molecule has 1 saturated heterocycles. The monoisotopic (exact) mass is 301 g/mol. The second-order valence-electron chi connectivity index (χ2n) is 5.52. The van der Waals surface area contributed by atoms with Crippen molar-refractivity contribution in [3.63, 3.8) is 0 Å².